The zero-order chi connectivity index (χ0) is 33.2. The molecular formula is C35H23F9O2. The summed E-state index contributed by atoms with van der Waals surface area (Å²) in [4.78, 5) is 0. The molecule has 5 aromatic carbocycles. The van der Waals surface area contributed by atoms with Crippen LogP contribution >= 0.6 is 0 Å². The highest BCUT2D eigenvalue weighted by Crippen LogP contribution is 2.39. The van der Waals surface area contributed by atoms with Crippen LogP contribution in [0, 0.1) is 40.7 Å². The lowest BCUT2D eigenvalue weighted by Gasteiger charge is -2.20. The van der Waals surface area contributed by atoms with Crippen molar-refractivity contribution in [3.8, 4) is 44.9 Å². The van der Waals surface area contributed by atoms with Crippen LogP contribution in [0.15, 0.2) is 84.9 Å². The quantitative estimate of drug-likeness (QED) is 0.0854. The summed E-state index contributed by atoms with van der Waals surface area (Å²) in [6.45, 7) is 2.59. The van der Waals surface area contributed by atoms with Crippen molar-refractivity contribution in [1.82, 2.24) is 0 Å². The third kappa shape index (κ3) is 6.83. The van der Waals surface area contributed by atoms with E-state index in [0.29, 0.717) is 53.8 Å². The Morgan fingerprint density at radius 1 is 0.522 bits per heavy atom. The highest BCUT2D eigenvalue weighted by atomic mass is 19.3. The summed E-state index contributed by atoms with van der Waals surface area (Å²) in [7, 11) is 0. The molecular weight excluding hydrogens is 623 g/mol. The molecule has 5 aromatic rings. The van der Waals surface area contributed by atoms with Gasteiger partial charge >= 0.3 is 6.11 Å². The SMILES string of the molecule is CCCCOc1ccc(-c2ccc(-c3cc(F)c(C(F)(F)Oc4ccc(-c5cc(F)c(F)c(F)c5)c(F)c4)c(F)c3)c(F)c2)cc1. The van der Waals surface area contributed by atoms with E-state index in [-0.39, 0.29) is 11.1 Å². The summed E-state index contributed by atoms with van der Waals surface area (Å²) in [6.07, 6.45) is -2.81. The molecule has 0 heterocycles. The Bertz CT molecular complexity index is 1840. The molecule has 0 saturated carbocycles. The molecule has 0 bridgehead atoms. The molecule has 0 fully saturated rings. The molecule has 11 heteroatoms. The zero-order valence-corrected chi connectivity index (χ0v) is 23.9. The first-order valence-corrected chi connectivity index (χ1v) is 13.9. The van der Waals surface area contributed by atoms with Gasteiger partial charge in [-0.05, 0) is 83.3 Å². The largest absolute Gasteiger partial charge is 0.494 e. The second-order valence-electron chi connectivity index (χ2n) is 10.3. The average molecular weight is 647 g/mol. The Morgan fingerprint density at radius 2 is 1.00 bits per heavy atom. The minimum absolute atomic E-state index is 0.261. The van der Waals surface area contributed by atoms with Crippen LogP contribution in [-0.4, -0.2) is 6.61 Å². The van der Waals surface area contributed by atoms with E-state index in [1.807, 2.05) is 6.92 Å². The molecule has 2 nitrogen and oxygen atoms in total. The molecule has 0 N–H and O–H groups in total. The van der Waals surface area contributed by atoms with Crippen molar-refractivity contribution in [2.45, 2.75) is 25.9 Å². The lowest BCUT2D eigenvalue weighted by Crippen LogP contribution is -2.25. The van der Waals surface area contributed by atoms with Crippen LogP contribution in [-0.2, 0) is 6.11 Å². The van der Waals surface area contributed by atoms with E-state index in [0.717, 1.165) is 31.0 Å². The van der Waals surface area contributed by atoms with Crippen LogP contribution in [0.2, 0.25) is 0 Å². The van der Waals surface area contributed by atoms with Crippen molar-refractivity contribution in [3.05, 3.63) is 131 Å². The van der Waals surface area contributed by atoms with Crippen LogP contribution in [0.1, 0.15) is 25.3 Å². The van der Waals surface area contributed by atoms with Gasteiger partial charge < -0.3 is 9.47 Å². The maximum Gasteiger partial charge on any atom is 0.432 e. The fourth-order valence-corrected chi connectivity index (χ4v) is 4.72. The van der Waals surface area contributed by atoms with Crippen molar-refractivity contribution in [2.24, 2.45) is 0 Å². The topological polar surface area (TPSA) is 18.5 Å². The van der Waals surface area contributed by atoms with E-state index < -0.39 is 69.3 Å². The number of ether oxygens (including phenoxy) is 2. The number of rotatable bonds is 10. The van der Waals surface area contributed by atoms with Gasteiger partial charge in [-0.25, -0.2) is 30.7 Å². The number of hydrogen-bond donors (Lipinski definition) is 0. The molecule has 0 aromatic heterocycles. The van der Waals surface area contributed by atoms with Crippen LogP contribution in [0.25, 0.3) is 33.4 Å². The van der Waals surface area contributed by atoms with Gasteiger partial charge in [0.1, 0.15) is 40.3 Å². The Balaban J connectivity index is 1.36. The lowest BCUT2D eigenvalue weighted by molar-refractivity contribution is -0.189. The molecule has 0 aliphatic carbocycles. The minimum Gasteiger partial charge on any atom is -0.494 e. The minimum atomic E-state index is -4.68. The van der Waals surface area contributed by atoms with Gasteiger partial charge in [-0.2, -0.15) is 8.78 Å². The van der Waals surface area contributed by atoms with E-state index in [1.165, 1.54) is 12.1 Å². The molecule has 0 aliphatic heterocycles. The monoisotopic (exact) mass is 646 g/mol. The van der Waals surface area contributed by atoms with E-state index >= 15 is 4.39 Å². The maximum atomic E-state index is 15.1. The summed E-state index contributed by atoms with van der Waals surface area (Å²) < 4.78 is 140. The van der Waals surface area contributed by atoms with E-state index in [9.17, 15) is 35.1 Å². The van der Waals surface area contributed by atoms with Gasteiger partial charge in [0.15, 0.2) is 17.5 Å². The van der Waals surface area contributed by atoms with Crippen molar-refractivity contribution in [2.75, 3.05) is 6.61 Å². The second kappa shape index (κ2) is 13.2. The Morgan fingerprint density at radius 3 is 1.54 bits per heavy atom. The number of halogens is 9. The third-order valence-corrected chi connectivity index (χ3v) is 7.05. The highest BCUT2D eigenvalue weighted by Gasteiger charge is 2.41. The molecule has 5 rings (SSSR count). The first-order valence-electron chi connectivity index (χ1n) is 13.9. The lowest BCUT2D eigenvalue weighted by atomic mass is 9.98. The van der Waals surface area contributed by atoms with Crippen LogP contribution in [0.5, 0.6) is 11.5 Å². The standard InChI is InChI=1S/C35H23F9O2/c1-2-3-12-45-23-7-4-19(5-8-23)20-6-10-25(27(36)13-20)21-14-29(38)33(30(39)15-21)35(43,44)46-24-9-11-26(28(37)18-24)22-16-31(40)34(42)32(41)17-22/h4-11,13-18H,2-3,12H2,1H3. The molecule has 0 aliphatic rings. The summed E-state index contributed by atoms with van der Waals surface area (Å²) >= 11 is 0. The average Bonchev–Trinajstić information content (AvgIpc) is 2.99. The van der Waals surface area contributed by atoms with Crippen LogP contribution < -0.4 is 9.47 Å². The number of alkyl halides is 2. The van der Waals surface area contributed by atoms with Gasteiger partial charge in [-0.1, -0.05) is 37.6 Å². The van der Waals surface area contributed by atoms with E-state index in [2.05, 4.69) is 4.74 Å². The molecule has 0 saturated heterocycles. The molecule has 0 atom stereocenters. The molecule has 0 amide bonds. The molecule has 0 unspecified atom stereocenters. The molecule has 46 heavy (non-hydrogen) atoms. The Hall–Kier alpha value is -4.93. The van der Waals surface area contributed by atoms with Crippen molar-refractivity contribution < 1.29 is 49.0 Å². The molecule has 0 radical (unpaired) electrons. The number of unbranched alkanes of at least 4 members (excludes halogenated alkanes) is 1. The van der Waals surface area contributed by atoms with Crippen molar-refractivity contribution in [1.29, 1.82) is 0 Å². The van der Waals surface area contributed by atoms with Gasteiger partial charge in [0.2, 0.25) is 0 Å². The summed E-state index contributed by atoms with van der Waals surface area (Å²) in [5, 5.41) is 0. The smallest absolute Gasteiger partial charge is 0.432 e. The summed E-state index contributed by atoms with van der Waals surface area (Å²) in [5.74, 6) is -11.0. The van der Waals surface area contributed by atoms with Crippen molar-refractivity contribution in [3.63, 3.8) is 0 Å². The van der Waals surface area contributed by atoms with Crippen LogP contribution in [0.3, 0.4) is 0 Å². The van der Waals surface area contributed by atoms with Crippen molar-refractivity contribution >= 4 is 0 Å². The van der Waals surface area contributed by atoms with Gasteiger partial charge in [0, 0.05) is 17.2 Å². The molecule has 0 spiro atoms. The zero-order valence-electron chi connectivity index (χ0n) is 23.9. The molecule has 238 valence electrons. The third-order valence-electron chi connectivity index (χ3n) is 7.05. The summed E-state index contributed by atoms with van der Waals surface area (Å²) in [6, 6.07) is 14.8. The van der Waals surface area contributed by atoms with Gasteiger partial charge in [-0.3, -0.25) is 0 Å². The van der Waals surface area contributed by atoms with E-state index in [1.54, 1.807) is 24.3 Å². The van der Waals surface area contributed by atoms with E-state index in [4.69, 9.17) is 4.74 Å². The normalized spacial score (nSPS) is 11.5. The fraction of sp³-hybridized carbons (Fsp3) is 0.143. The Kier molecular flexibility index (Phi) is 9.32. The first kappa shape index (κ1) is 32.5. The van der Waals surface area contributed by atoms with Gasteiger partial charge in [-0.15, -0.1) is 0 Å². The predicted molar refractivity (Wildman–Crippen MR) is 154 cm³/mol. The summed E-state index contributed by atoms with van der Waals surface area (Å²) in [5.41, 5.74) is -2.29. The predicted octanol–water partition coefficient (Wildman–Crippen LogP) is 11.0. The number of hydrogen-bond acceptors (Lipinski definition) is 2. The first-order chi connectivity index (χ1) is 21.9. The fourth-order valence-electron chi connectivity index (χ4n) is 4.72. The number of benzene rings is 5. The Labute approximate surface area is 257 Å². The van der Waals surface area contributed by atoms with Crippen LogP contribution in [0.4, 0.5) is 39.5 Å². The highest BCUT2D eigenvalue weighted by molar-refractivity contribution is 5.72. The second-order valence-corrected chi connectivity index (χ2v) is 10.3. The van der Waals surface area contributed by atoms with Gasteiger partial charge in [0.05, 0.1) is 6.61 Å². The maximum absolute atomic E-state index is 15.1. The van der Waals surface area contributed by atoms with Gasteiger partial charge in [0.25, 0.3) is 0 Å².